The predicted octanol–water partition coefficient (Wildman–Crippen LogP) is 2.99. The van der Waals surface area contributed by atoms with Crippen molar-refractivity contribution in [2.45, 2.75) is 13.8 Å². The van der Waals surface area contributed by atoms with Crippen LogP contribution in [0.1, 0.15) is 19.4 Å². The lowest BCUT2D eigenvalue weighted by Crippen LogP contribution is -2.33. The monoisotopic (exact) mass is 352 g/mol. The summed E-state index contributed by atoms with van der Waals surface area (Å²) in [6.07, 6.45) is 1.55. The van der Waals surface area contributed by atoms with Crippen molar-refractivity contribution >= 4 is 40.1 Å². The van der Waals surface area contributed by atoms with E-state index < -0.39 is 10.0 Å². The molecule has 1 rings (SSSR count). The van der Waals surface area contributed by atoms with Gasteiger partial charge in [-0.1, -0.05) is 37.6 Å². The van der Waals surface area contributed by atoms with Gasteiger partial charge in [0.05, 0.1) is 0 Å². The molecule has 0 spiro atoms. The van der Waals surface area contributed by atoms with E-state index >= 15 is 0 Å². The molecule has 1 aromatic rings. The quantitative estimate of drug-likeness (QED) is 0.782. The third-order valence-corrected chi connectivity index (χ3v) is 4.29. The first-order valence-electron chi connectivity index (χ1n) is 6.62. The number of nitrogens with one attached hydrogen (secondary N) is 1. The van der Waals surface area contributed by atoms with E-state index in [1.54, 1.807) is 30.3 Å². The molecule has 0 fully saturated rings. The number of hydrogen-bond acceptors (Lipinski definition) is 3. The number of likely N-dealkylation sites (N-methyl/N-ethyl adjacent to an activating group) is 1. The van der Waals surface area contributed by atoms with Gasteiger partial charge in [0.2, 0.25) is 10.0 Å². The van der Waals surface area contributed by atoms with Crippen LogP contribution >= 0.6 is 24.0 Å². The van der Waals surface area contributed by atoms with Gasteiger partial charge in [0.15, 0.2) is 0 Å². The molecule has 0 radical (unpaired) electrons. The molecule has 0 saturated heterocycles. The average molecular weight is 353 g/mol. The van der Waals surface area contributed by atoms with Crippen LogP contribution in [-0.2, 0) is 10.0 Å². The van der Waals surface area contributed by atoms with E-state index in [2.05, 4.69) is 23.5 Å². The Morgan fingerprint density at radius 2 is 1.76 bits per heavy atom. The second-order valence-electron chi connectivity index (χ2n) is 4.32. The summed E-state index contributed by atoms with van der Waals surface area (Å²) in [5.41, 5.74) is 0.795. The van der Waals surface area contributed by atoms with Gasteiger partial charge in [0.25, 0.3) is 0 Å². The lowest BCUT2D eigenvalue weighted by atomic mass is 10.2. The zero-order chi connectivity index (χ0) is 15.0. The first-order chi connectivity index (χ1) is 9.46. The van der Waals surface area contributed by atoms with Crippen LogP contribution in [0, 0.1) is 0 Å². The molecule has 1 N–H and O–H groups in total. The summed E-state index contributed by atoms with van der Waals surface area (Å²) in [7, 11) is -3.39. The number of halogens is 2. The summed E-state index contributed by atoms with van der Waals surface area (Å²) in [5, 5.41) is 1.81. The van der Waals surface area contributed by atoms with Crippen molar-refractivity contribution in [1.29, 1.82) is 0 Å². The molecule has 21 heavy (non-hydrogen) atoms. The summed E-state index contributed by atoms with van der Waals surface area (Å²) < 4.78 is 26.1. The average Bonchev–Trinajstić information content (AvgIpc) is 2.43. The first kappa shape index (κ1) is 20.4. The van der Waals surface area contributed by atoms with Crippen LogP contribution in [0.4, 0.5) is 0 Å². The van der Waals surface area contributed by atoms with Crippen molar-refractivity contribution in [2.24, 2.45) is 0 Å². The predicted molar refractivity (Wildman–Crippen MR) is 92.4 cm³/mol. The second kappa shape index (κ2) is 10.2. The highest BCUT2D eigenvalue weighted by Crippen LogP contribution is 2.10. The largest absolute Gasteiger partial charge is 0.303 e. The lowest BCUT2D eigenvalue weighted by Gasteiger charge is -2.17. The number of sulfonamides is 1. The van der Waals surface area contributed by atoms with Gasteiger partial charge in [0, 0.05) is 23.5 Å². The molecule has 0 bridgehead atoms. The van der Waals surface area contributed by atoms with Gasteiger partial charge in [-0.05, 0) is 36.9 Å². The second-order valence-corrected chi connectivity index (χ2v) is 6.41. The van der Waals surface area contributed by atoms with Crippen LogP contribution in [-0.4, -0.2) is 39.5 Å². The molecule has 0 saturated carbocycles. The van der Waals surface area contributed by atoms with E-state index in [9.17, 15) is 8.42 Å². The van der Waals surface area contributed by atoms with Crippen molar-refractivity contribution in [3.8, 4) is 0 Å². The first-order valence-corrected chi connectivity index (χ1v) is 8.55. The van der Waals surface area contributed by atoms with E-state index in [-0.39, 0.29) is 12.4 Å². The van der Waals surface area contributed by atoms with Crippen LogP contribution in [0.5, 0.6) is 0 Å². The van der Waals surface area contributed by atoms with E-state index in [1.165, 1.54) is 5.41 Å². The Morgan fingerprint density at radius 1 is 1.19 bits per heavy atom. The maximum Gasteiger partial charge on any atom is 0.233 e. The van der Waals surface area contributed by atoms with Gasteiger partial charge in [0.1, 0.15) is 0 Å². The van der Waals surface area contributed by atoms with E-state index in [1.807, 2.05) is 0 Å². The van der Waals surface area contributed by atoms with Gasteiger partial charge in [-0.25, -0.2) is 13.1 Å². The third kappa shape index (κ3) is 8.44. The van der Waals surface area contributed by atoms with Crippen molar-refractivity contribution in [2.75, 3.05) is 26.2 Å². The summed E-state index contributed by atoms with van der Waals surface area (Å²) >= 11 is 5.77. The van der Waals surface area contributed by atoms with Crippen LogP contribution in [0.25, 0.3) is 6.08 Å². The Hall–Kier alpha value is -0.590. The van der Waals surface area contributed by atoms with Crippen LogP contribution in [0.2, 0.25) is 5.02 Å². The fourth-order valence-electron chi connectivity index (χ4n) is 1.68. The third-order valence-electron chi connectivity index (χ3n) is 2.94. The Bertz CT molecular complexity index is 526. The molecular weight excluding hydrogens is 331 g/mol. The minimum absolute atomic E-state index is 0. The minimum atomic E-state index is -3.39. The highest BCUT2D eigenvalue weighted by atomic mass is 35.5. The van der Waals surface area contributed by atoms with Gasteiger partial charge >= 0.3 is 0 Å². The van der Waals surface area contributed by atoms with E-state index in [0.717, 1.165) is 18.7 Å². The van der Waals surface area contributed by atoms with Gasteiger partial charge < -0.3 is 4.90 Å². The minimum Gasteiger partial charge on any atom is -0.303 e. The number of benzene rings is 1. The zero-order valence-corrected chi connectivity index (χ0v) is 14.6. The molecule has 0 amide bonds. The highest BCUT2D eigenvalue weighted by Gasteiger charge is 2.05. The Morgan fingerprint density at radius 3 is 2.29 bits per heavy atom. The van der Waals surface area contributed by atoms with Crippen molar-refractivity contribution in [3.63, 3.8) is 0 Å². The molecule has 4 nitrogen and oxygen atoms in total. The van der Waals surface area contributed by atoms with Gasteiger partial charge in [-0.3, -0.25) is 0 Å². The molecular formula is C14H22Cl2N2O2S. The molecule has 0 aliphatic rings. The van der Waals surface area contributed by atoms with E-state index in [4.69, 9.17) is 11.6 Å². The topological polar surface area (TPSA) is 49.4 Å². The maximum absolute atomic E-state index is 11.8. The van der Waals surface area contributed by atoms with Gasteiger partial charge in [-0.15, -0.1) is 12.4 Å². The lowest BCUT2D eigenvalue weighted by molar-refractivity contribution is 0.309. The van der Waals surface area contributed by atoms with Crippen LogP contribution in [0.3, 0.4) is 0 Å². The van der Waals surface area contributed by atoms with Crippen LogP contribution in [0.15, 0.2) is 29.7 Å². The number of hydrogen-bond donors (Lipinski definition) is 1. The molecule has 0 aliphatic heterocycles. The molecule has 0 atom stereocenters. The summed E-state index contributed by atoms with van der Waals surface area (Å²) in [6, 6.07) is 6.98. The fourth-order valence-corrected chi connectivity index (χ4v) is 2.61. The Kier molecular flexibility index (Phi) is 9.90. The molecule has 0 unspecified atom stereocenters. The summed E-state index contributed by atoms with van der Waals surface area (Å²) in [6.45, 7) is 7.06. The number of nitrogens with zero attached hydrogens (tertiary/aromatic N) is 1. The molecule has 1 aromatic carbocycles. The Balaban J connectivity index is 0.00000400. The smallest absolute Gasteiger partial charge is 0.233 e. The summed E-state index contributed by atoms with van der Waals surface area (Å²) in [4.78, 5) is 2.16. The molecule has 0 aliphatic carbocycles. The summed E-state index contributed by atoms with van der Waals surface area (Å²) in [5.74, 6) is 0. The normalized spacial score (nSPS) is 11.8. The highest BCUT2D eigenvalue weighted by molar-refractivity contribution is 7.92. The SMILES string of the molecule is CCN(CC)CCNS(=O)(=O)/C=C/c1ccc(Cl)cc1.Cl. The number of rotatable bonds is 8. The fraction of sp³-hybridized carbons (Fsp3) is 0.429. The molecule has 7 heteroatoms. The Labute approximate surface area is 138 Å². The van der Waals surface area contributed by atoms with E-state index in [0.29, 0.717) is 18.1 Å². The molecule has 0 aromatic heterocycles. The molecule has 0 heterocycles. The van der Waals surface area contributed by atoms with Crippen LogP contribution < -0.4 is 4.72 Å². The standard InChI is InChI=1S/C14H21ClN2O2S.ClH/c1-3-17(4-2)11-10-16-20(18,19)12-9-13-5-7-14(15)8-6-13;/h5-9,12,16H,3-4,10-11H2,1-2H3;1H/b12-9+;. The van der Waals surface area contributed by atoms with Crippen molar-refractivity contribution in [3.05, 3.63) is 40.3 Å². The van der Waals surface area contributed by atoms with Gasteiger partial charge in [-0.2, -0.15) is 0 Å². The maximum atomic E-state index is 11.8. The van der Waals surface area contributed by atoms with Crippen molar-refractivity contribution < 1.29 is 8.42 Å². The van der Waals surface area contributed by atoms with Crippen molar-refractivity contribution in [1.82, 2.24) is 9.62 Å². The zero-order valence-electron chi connectivity index (χ0n) is 12.3. The molecule has 120 valence electrons.